The summed E-state index contributed by atoms with van der Waals surface area (Å²) in [6.45, 7) is 4.41. The van der Waals surface area contributed by atoms with Crippen molar-refractivity contribution in [2.75, 3.05) is 13.1 Å². The molecule has 7 heteroatoms. The van der Waals surface area contributed by atoms with Gasteiger partial charge in [-0.25, -0.2) is 4.98 Å². The molecule has 34 heavy (non-hydrogen) atoms. The molecule has 3 aromatic rings. The zero-order chi connectivity index (χ0) is 23.8. The lowest BCUT2D eigenvalue weighted by atomic mass is 10.1. The molecule has 2 aromatic carbocycles. The third kappa shape index (κ3) is 6.54. The molecule has 2 heterocycles. The van der Waals surface area contributed by atoms with Gasteiger partial charge < -0.3 is 15.0 Å². The van der Waals surface area contributed by atoms with E-state index in [1.807, 2.05) is 65.7 Å². The molecular formula is C27H29N3O3S. The molecule has 0 unspecified atom stereocenters. The highest BCUT2D eigenvalue weighted by atomic mass is 32.1. The molecule has 0 atom stereocenters. The van der Waals surface area contributed by atoms with Crippen molar-refractivity contribution in [1.29, 1.82) is 0 Å². The first kappa shape index (κ1) is 23.7. The first-order valence-electron chi connectivity index (χ1n) is 11.6. The number of para-hydroxylation sites is 1. The number of piperidine rings is 1. The van der Waals surface area contributed by atoms with Crippen LogP contribution in [0.25, 0.3) is 6.08 Å². The summed E-state index contributed by atoms with van der Waals surface area (Å²) in [6, 6.07) is 15.1. The quantitative estimate of drug-likeness (QED) is 0.466. The van der Waals surface area contributed by atoms with Gasteiger partial charge in [-0.2, -0.15) is 0 Å². The topological polar surface area (TPSA) is 71.5 Å². The molecule has 4 rings (SSSR count). The number of hydrogen-bond acceptors (Lipinski definition) is 5. The first-order chi connectivity index (χ1) is 16.6. The van der Waals surface area contributed by atoms with Crippen molar-refractivity contribution in [2.24, 2.45) is 0 Å². The van der Waals surface area contributed by atoms with Gasteiger partial charge in [0.05, 0.1) is 10.7 Å². The Morgan fingerprint density at radius 2 is 1.85 bits per heavy atom. The van der Waals surface area contributed by atoms with Crippen LogP contribution in [0.3, 0.4) is 0 Å². The van der Waals surface area contributed by atoms with Crippen LogP contribution in [0.15, 0.2) is 60.0 Å². The summed E-state index contributed by atoms with van der Waals surface area (Å²) in [5.74, 6) is 0.591. The number of amides is 2. The zero-order valence-corrected chi connectivity index (χ0v) is 20.1. The number of hydrogen-bond donors (Lipinski definition) is 1. The van der Waals surface area contributed by atoms with Gasteiger partial charge in [-0.1, -0.05) is 30.3 Å². The molecule has 1 aliphatic rings. The number of rotatable bonds is 8. The molecule has 0 saturated carbocycles. The van der Waals surface area contributed by atoms with Crippen LogP contribution < -0.4 is 10.1 Å². The van der Waals surface area contributed by atoms with Gasteiger partial charge in [-0.3, -0.25) is 9.59 Å². The molecule has 0 bridgehead atoms. The molecule has 1 fully saturated rings. The molecule has 1 aromatic heterocycles. The van der Waals surface area contributed by atoms with Crippen molar-refractivity contribution >= 4 is 29.2 Å². The lowest BCUT2D eigenvalue weighted by Gasteiger charge is -2.26. The van der Waals surface area contributed by atoms with E-state index in [2.05, 4.69) is 10.3 Å². The SMILES string of the molecule is Cc1nc(COc2ccccc2/C=C/C(=O)NCc2ccc(C(=O)N3CCCCC3)cc2)cs1. The fourth-order valence-electron chi connectivity index (χ4n) is 3.83. The van der Waals surface area contributed by atoms with Crippen LogP contribution >= 0.6 is 11.3 Å². The smallest absolute Gasteiger partial charge is 0.253 e. The second-order valence-electron chi connectivity index (χ2n) is 8.29. The predicted octanol–water partition coefficient (Wildman–Crippen LogP) is 4.99. The third-order valence-electron chi connectivity index (χ3n) is 5.69. The predicted molar refractivity (Wildman–Crippen MR) is 135 cm³/mol. The highest BCUT2D eigenvalue weighted by Crippen LogP contribution is 2.21. The molecule has 1 aliphatic heterocycles. The molecule has 176 valence electrons. The minimum Gasteiger partial charge on any atom is -0.487 e. The summed E-state index contributed by atoms with van der Waals surface area (Å²) in [6.07, 6.45) is 6.60. The van der Waals surface area contributed by atoms with Gasteiger partial charge in [-0.15, -0.1) is 11.3 Å². The largest absolute Gasteiger partial charge is 0.487 e. The molecule has 2 amide bonds. The Hall–Kier alpha value is -3.45. The second kappa shape index (κ2) is 11.6. The second-order valence-corrected chi connectivity index (χ2v) is 9.35. The Morgan fingerprint density at radius 1 is 1.09 bits per heavy atom. The van der Waals surface area contributed by atoms with Crippen molar-refractivity contribution in [3.05, 3.63) is 87.4 Å². The van der Waals surface area contributed by atoms with E-state index >= 15 is 0 Å². The van der Waals surface area contributed by atoms with Gasteiger partial charge in [0.25, 0.3) is 5.91 Å². The Bertz CT molecular complexity index is 1150. The van der Waals surface area contributed by atoms with E-state index in [0.29, 0.717) is 24.5 Å². The maximum atomic E-state index is 12.6. The fourth-order valence-corrected chi connectivity index (χ4v) is 4.43. The summed E-state index contributed by atoms with van der Waals surface area (Å²) in [7, 11) is 0. The van der Waals surface area contributed by atoms with Crippen LogP contribution in [0.4, 0.5) is 0 Å². The van der Waals surface area contributed by atoms with E-state index in [1.54, 1.807) is 17.4 Å². The molecule has 0 spiro atoms. The minimum absolute atomic E-state index is 0.0871. The van der Waals surface area contributed by atoms with Crippen LogP contribution in [-0.2, 0) is 17.9 Å². The lowest BCUT2D eigenvalue weighted by Crippen LogP contribution is -2.35. The van der Waals surface area contributed by atoms with Crippen LogP contribution in [-0.4, -0.2) is 34.8 Å². The van der Waals surface area contributed by atoms with Gasteiger partial charge in [0, 0.05) is 42.2 Å². The maximum absolute atomic E-state index is 12.6. The van der Waals surface area contributed by atoms with Gasteiger partial charge in [0.1, 0.15) is 12.4 Å². The van der Waals surface area contributed by atoms with E-state index in [1.165, 1.54) is 12.5 Å². The molecule has 6 nitrogen and oxygen atoms in total. The Labute approximate surface area is 204 Å². The van der Waals surface area contributed by atoms with Crippen LogP contribution in [0.1, 0.15) is 51.4 Å². The van der Waals surface area contributed by atoms with E-state index in [0.717, 1.165) is 47.8 Å². The van der Waals surface area contributed by atoms with E-state index in [4.69, 9.17) is 4.74 Å². The van der Waals surface area contributed by atoms with E-state index in [9.17, 15) is 9.59 Å². The standard InChI is InChI=1S/C27H29N3O3S/c1-20-29-24(19-34-20)18-33-25-8-4-3-7-22(25)13-14-26(31)28-17-21-9-11-23(12-10-21)27(32)30-15-5-2-6-16-30/h3-4,7-14,19H,2,5-6,15-18H2,1H3,(H,28,31)/b14-13+. The number of carbonyl (C=O) groups is 2. The molecular weight excluding hydrogens is 446 g/mol. The maximum Gasteiger partial charge on any atom is 0.253 e. The molecule has 0 aliphatic carbocycles. The summed E-state index contributed by atoms with van der Waals surface area (Å²) in [5.41, 5.74) is 3.35. The average Bonchev–Trinajstić information content (AvgIpc) is 3.30. The highest BCUT2D eigenvalue weighted by molar-refractivity contribution is 7.09. The minimum atomic E-state index is -0.196. The van der Waals surface area contributed by atoms with E-state index < -0.39 is 0 Å². The van der Waals surface area contributed by atoms with E-state index in [-0.39, 0.29) is 11.8 Å². The Balaban J connectivity index is 1.28. The Kier molecular flexibility index (Phi) is 8.09. The lowest BCUT2D eigenvalue weighted by molar-refractivity contribution is -0.116. The van der Waals surface area contributed by atoms with Crippen molar-refractivity contribution in [1.82, 2.24) is 15.2 Å². The average molecular weight is 476 g/mol. The van der Waals surface area contributed by atoms with Crippen molar-refractivity contribution in [3.8, 4) is 5.75 Å². The van der Waals surface area contributed by atoms with Crippen LogP contribution in [0, 0.1) is 6.92 Å². The van der Waals surface area contributed by atoms with Gasteiger partial charge in [-0.05, 0) is 56.0 Å². The molecule has 1 N–H and O–H groups in total. The monoisotopic (exact) mass is 475 g/mol. The number of aromatic nitrogens is 1. The number of benzene rings is 2. The number of likely N-dealkylation sites (tertiary alicyclic amines) is 1. The van der Waals surface area contributed by atoms with Gasteiger partial charge in [0.2, 0.25) is 5.91 Å². The summed E-state index contributed by atoms with van der Waals surface area (Å²) >= 11 is 1.59. The van der Waals surface area contributed by atoms with Gasteiger partial charge >= 0.3 is 0 Å². The van der Waals surface area contributed by atoms with Crippen molar-refractivity contribution < 1.29 is 14.3 Å². The number of ether oxygens (including phenoxy) is 1. The summed E-state index contributed by atoms with van der Waals surface area (Å²) in [4.78, 5) is 31.3. The summed E-state index contributed by atoms with van der Waals surface area (Å²) in [5, 5.41) is 5.88. The highest BCUT2D eigenvalue weighted by Gasteiger charge is 2.17. The summed E-state index contributed by atoms with van der Waals surface area (Å²) < 4.78 is 5.90. The number of nitrogens with one attached hydrogen (secondary N) is 1. The zero-order valence-electron chi connectivity index (χ0n) is 19.3. The van der Waals surface area contributed by atoms with Crippen LogP contribution in [0.5, 0.6) is 5.75 Å². The van der Waals surface area contributed by atoms with Crippen LogP contribution in [0.2, 0.25) is 0 Å². The number of carbonyl (C=O) groups excluding carboxylic acids is 2. The normalized spacial score (nSPS) is 13.7. The molecule has 1 saturated heterocycles. The Morgan fingerprint density at radius 3 is 2.59 bits per heavy atom. The van der Waals surface area contributed by atoms with Crippen molar-refractivity contribution in [2.45, 2.75) is 39.3 Å². The third-order valence-corrected chi connectivity index (χ3v) is 6.51. The number of nitrogens with zero attached hydrogens (tertiary/aromatic N) is 2. The number of thiazole rings is 1. The number of aryl methyl sites for hydroxylation is 1. The first-order valence-corrected chi connectivity index (χ1v) is 12.4. The molecule has 0 radical (unpaired) electrons. The van der Waals surface area contributed by atoms with Gasteiger partial charge in [0.15, 0.2) is 0 Å². The van der Waals surface area contributed by atoms with Crippen molar-refractivity contribution in [3.63, 3.8) is 0 Å². The fraction of sp³-hybridized carbons (Fsp3) is 0.296.